The third kappa shape index (κ3) is 2.86. The summed E-state index contributed by atoms with van der Waals surface area (Å²) in [6.07, 6.45) is -4.90. The monoisotopic (exact) mass is 430 g/mol. The Hall–Kier alpha value is 0.115. The molecule has 1 fully saturated rings. The fourth-order valence-electron chi connectivity index (χ4n) is 1.11. The van der Waals surface area contributed by atoms with Crippen LogP contribution in [0.4, 0.5) is 13.2 Å². The van der Waals surface area contributed by atoms with Crippen molar-refractivity contribution in [1.29, 1.82) is 0 Å². The normalized spacial score (nSPS) is 27.9. The molecule has 1 unspecified atom stereocenters. The van der Waals surface area contributed by atoms with Crippen molar-refractivity contribution in [1.82, 2.24) is 0 Å². The van der Waals surface area contributed by atoms with Crippen LogP contribution in [-0.2, 0) is 42.2 Å². The summed E-state index contributed by atoms with van der Waals surface area (Å²) in [7, 11) is 0. The molecule has 1 atom stereocenters. The number of carbonyl (C=O) groups is 1. The first-order valence-corrected chi connectivity index (χ1v) is 10.8. The Bertz CT molecular complexity index is 291. The van der Waals surface area contributed by atoms with Crippen LogP contribution in [0, 0.1) is 0 Å². The van der Waals surface area contributed by atoms with E-state index in [1.165, 1.54) is 0 Å². The Morgan fingerprint density at radius 1 is 1.31 bits per heavy atom. The minimum atomic E-state index is -4.90. The van der Waals surface area contributed by atoms with E-state index in [2.05, 4.69) is 2.64 Å². The average Bonchev–Trinajstić information content (AvgIpc) is 2.14. The molecule has 1 rings (SSSR count). The molecule has 1 aliphatic rings. The quantitative estimate of drug-likeness (QED) is 0.509. The van der Waals surface area contributed by atoms with Crippen molar-refractivity contribution in [2.24, 2.45) is 0 Å². The minimum absolute atomic E-state index is 0.363. The fourth-order valence-corrected chi connectivity index (χ4v) is 7.05. The van der Waals surface area contributed by atoms with Gasteiger partial charge in [-0.1, -0.05) is 0 Å². The van der Waals surface area contributed by atoms with Crippen LogP contribution in [0.2, 0.25) is 3.93 Å². The van der Waals surface area contributed by atoms with Gasteiger partial charge in [0.1, 0.15) is 0 Å². The molecule has 0 saturated carbocycles. The Morgan fingerprint density at radius 3 is 2.19 bits per heavy atom. The molecule has 0 aromatic heterocycles. The molecule has 0 radical (unpaired) electrons. The molecule has 0 aromatic rings. The topological polar surface area (TPSA) is 44.8 Å². The van der Waals surface area contributed by atoms with Crippen molar-refractivity contribution in [2.75, 3.05) is 0 Å². The van der Waals surface area contributed by atoms with E-state index in [4.69, 9.17) is 9.78 Å². The number of hydrogen-bond donors (Lipinski definition) is 0. The SMILES string of the molecule is CC1(C)OOC1(C)[CH2][Hg][O]C(=O)C(F)(F)F. The maximum atomic E-state index is 11.8. The molecule has 90 valence electrons. The predicted octanol–water partition coefficient (Wildman–Crippen LogP) is 2.01. The first kappa shape index (κ1) is 14.2. The first-order valence-electron chi connectivity index (χ1n) is 4.69. The molecule has 1 saturated heterocycles. The van der Waals surface area contributed by atoms with Crippen molar-refractivity contribution >= 4 is 5.97 Å². The van der Waals surface area contributed by atoms with Gasteiger partial charge in [-0.25, -0.2) is 0 Å². The molecule has 0 aromatic carbocycles. The predicted molar refractivity (Wildman–Crippen MR) is 41.6 cm³/mol. The van der Waals surface area contributed by atoms with Gasteiger partial charge in [0.25, 0.3) is 0 Å². The number of rotatable bonds is 3. The van der Waals surface area contributed by atoms with Crippen LogP contribution in [0.3, 0.4) is 0 Å². The third-order valence-electron chi connectivity index (χ3n) is 2.75. The number of halogens is 3. The summed E-state index contributed by atoms with van der Waals surface area (Å²) in [5, 5.41) is 0. The summed E-state index contributed by atoms with van der Waals surface area (Å²) < 4.78 is 40.1. The van der Waals surface area contributed by atoms with Crippen molar-refractivity contribution in [2.45, 2.75) is 42.1 Å². The second-order valence-corrected chi connectivity index (χ2v) is 8.94. The van der Waals surface area contributed by atoms with Crippen molar-refractivity contribution in [3.63, 3.8) is 0 Å². The van der Waals surface area contributed by atoms with Crippen LogP contribution in [0.5, 0.6) is 0 Å². The number of alkyl halides is 3. The van der Waals surface area contributed by atoms with Crippen LogP contribution in [-0.4, -0.2) is 23.3 Å². The van der Waals surface area contributed by atoms with Crippen molar-refractivity contribution in [3.05, 3.63) is 0 Å². The number of hydrogen-bond acceptors (Lipinski definition) is 4. The van der Waals surface area contributed by atoms with E-state index in [0.29, 0.717) is 3.93 Å². The standard InChI is InChI=1S/C6H11O2.C2HF3O2.Hg/c1-5(2)6(3,4)8-7-5;3-2(4,5)1(6)7;/h1H2,2-4H3;(H,6,7);/q;;+1/p-1. The third-order valence-corrected chi connectivity index (χ3v) is 9.07. The van der Waals surface area contributed by atoms with E-state index >= 15 is 0 Å². The first-order chi connectivity index (χ1) is 7.08. The zero-order valence-electron chi connectivity index (χ0n) is 9.18. The van der Waals surface area contributed by atoms with Gasteiger partial charge in [0, 0.05) is 0 Å². The molecule has 0 aliphatic carbocycles. The Labute approximate surface area is 103 Å². The second-order valence-electron chi connectivity index (χ2n) is 4.29. The summed E-state index contributed by atoms with van der Waals surface area (Å²) in [6, 6.07) is 0. The number of carbonyl (C=O) groups excluding carboxylic acids is 1. The maximum absolute atomic E-state index is 11.8. The molecule has 0 amide bonds. The van der Waals surface area contributed by atoms with Gasteiger partial charge in [-0.05, 0) is 0 Å². The van der Waals surface area contributed by atoms with Crippen LogP contribution in [0.15, 0.2) is 0 Å². The average molecular weight is 429 g/mol. The van der Waals surface area contributed by atoms with Crippen molar-refractivity contribution < 1.29 is 55.4 Å². The molecule has 8 heteroatoms. The molecule has 1 heterocycles. The van der Waals surface area contributed by atoms with Gasteiger partial charge in [-0.2, -0.15) is 0 Å². The van der Waals surface area contributed by atoms with Crippen LogP contribution in [0.1, 0.15) is 20.8 Å². The van der Waals surface area contributed by atoms with Gasteiger partial charge in [-0.3, -0.25) is 0 Å². The van der Waals surface area contributed by atoms with E-state index in [1.807, 2.05) is 0 Å². The van der Waals surface area contributed by atoms with Crippen molar-refractivity contribution in [3.8, 4) is 0 Å². The molecule has 0 N–H and O–H groups in total. The molecule has 0 bridgehead atoms. The molecular weight excluding hydrogens is 418 g/mol. The summed E-state index contributed by atoms with van der Waals surface area (Å²) in [5.74, 6) is -2.09. The van der Waals surface area contributed by atoms with Crippen LogP contribution in [0.25, 0.3) is 0 Å². The van der Waals surface area contributed by atoms with E-state index in [9.17, 15) is 18.0 Å². The Kier molecular flexibility index (Phi) is 3.91. The van der Waals surface area contributed by atoms with Gasteiger partial charge < -0.3 is 0 Å². The molecular formula is C8H11F3HgO4. The molecule has 1 aliphatic heterocycles. The van der Waals surface area contributed by atoms with E-state index < -0.39 is 48.4 Å². The zero-order chi connectivity index (χ0) is 12.6. The molecule has 16 heavy (non-hydrogen) atoms. The van der Waals surface area contributed by atoms with Crippen LogP contribution < -0.4 is 0 Å². The summed E-state index contributed by atoms with van der Waals surface area (Å²) >= 11 is -2.38. The van der Waals surface area contributed by atoms with E-state index in [1.54, 1.807) is 20.8 Å². The summed E-state index contributed by atoms with van der Waals surface area (Å²) in [6.45, 7) is 5.28. The van der Waals surface area contributed by atoms with E-state index in [-0.39, 0.29) is 0 Å². The Morgan fingerprint density at radius 2 is 1.88 bits per heavy atom. The molecule has 4 nitrogen and oxygen atoms in total. The van der Waals surface area contributed by atoms with Gasteiger partial charge in [0.2, 0.25) is 0 Å². The fraction of sp³-hybridized carbons (Fsp3) is 0.875. The van der Waals surface area contributed by atoms with Gasteiger partial charge in [-0.15, -0.1) is 0 Å². The zero-order valence-corrected chi connectivity index (χ0v) is 14.7. The second kappa shape index (κ2) is 4.42. The van der Waals surface area contributed by atoms with Gasteiger partial charge >= 0.3 is 103 Å². The van der Waals surface area contributed by atoms with Crippen LogP contribution >= 0.6 is 0 Å². The summed E-state index contributed by atoms with van der Waals surface area (Å²) in [4.78, 5) is 20.2. The van der Waals surface area contributed by atoms with Gasteiger partial charge in [0.05, 0.1) is 0 Å². The van der Waals surface area contributed by atoms with Gasteiger partial charge in [0.15, 0.2) is 0 Å². The van der Waals surface area contributed by atoms with E-state index in [0.717, 1.165) is 0 Å². The Balaban J connectivity index is 2.35. The summed E-state index contributed by atoms with van der Waals surface area (Å²) in [5.41, 5.74) is -1.18. The molecule has 0 spiro atoms.